The van der Waals surface area contributed by atoms with Crippen molar-refractivity contribution in [3.8, 4) is 0 Å². The van der Waals surface area contributed by atoms with Crippen molar-refractivity contribution in [1.29, 1.82) is 0 Å². The van der Waals surface area contributed by atoms with Gasteiger partial charge in [0.2, 0.25) is 0 Å². The number of rotatable bonds is 4. The first-order valence-electron chi connectivity index (χ1n) is 3.99. The van der Waals surface area contributed by atoms with Crippen LogP contribution in [0, 0.1) is 15.9 Å². The van der Waals surface area contributed by atoms with E-state index in [-0.39, 0.29) is 35.2 Å². The van der Waals surface area contributed by atoms with Crippen molar-refractivity contribution in [3.05, 3.63) is 33.1 Å². The number of aliphatic carboxylic acids is 1. The Morgan fingerprint density at radius 1 is 1.53 bits per heavy atom. The summed E-state index contributed by atoms with van der Waals surface area (Å²) < 4.78 is 13.0. The summed E-state index contributed by atoms with van der Waals surface area (Å²) in [5, 5.41) is 22.4. The van der Waals surface area contributed by atoms with Gasteiger partial charge >= 0.3 is 29.6 Å². The smallest absolute Gasteiger partial charge is 0.548 e. The molecule has 0 aliphatic rings. The Labute approximate surface area is 122 Å². The molecule has 1 rings (SSSR count). The van der Waals surface area contributed by atoms with Gasteiger partial charge < -0.3 is 15.2 Å². The van der Waals surface area contributed by atoms with Crippen molar-refractivity contribution in [3.63, 3.8) is 0 Å². The van der Waals surface area contributed by atoms with Crippen LogP contribution in [0.25, 0.3) is 0 Å². The summed E-state index contributed by atoms with van der Waals surface area (Å²) in [4.78, 5) is 19.9. The van der Waals surface area contributed by atoms with E-state index in [0.717, 1.165) is 12.1 Å². The third-order valence-electron chi connectivity index (χ3n) is 1.66. The summed E-state index contributed by atoms with van der Waals surface area (Å²) in [6.45, 7) is -0.665. The number of nitrogens with zero attached hydrogens (tertiary/aromatic N) is 1. The molecule has 17 heavy (non-hydrogen) atoms. The molecule has 0 spiro atoms. The number of benzene rings is 1. The molecule has 0 fully saturated rings. The third-order valence-corrected chi connectivity index (χ3v) is 1.95. The van der Waals surface area contributed by atoms with Gasteiger partial charge in [-0.05, 0) is 0 Å². The molecule has 0 amide bonds. The molecule has 0 radical (unpaired) electrons. The van der Waals surface area contributed by atoms with Crippen LogP contribution in [0.1, 0.15) is 0 Å². The number of hydrogen-bond donors (Lipinski definition) is 1. The Hall–Kier alpha value is -0.890. The molecule has 0 saturated carbocycles. The molecule has 0 aliphatic carbocycles. The molecule has 9 heteroatoms. The number of nitro benzene ring substituents is 1. The number of nitrogens with one attached hydrogen (secondary N) is 1. The second kappa shape index (κ2) is 6.75. The second-order valence-electron chi connectivity index (χ2n) is 2.77. The van der Waals surface area contributed by atoms with Crippen molar-refractivity contribution < 1.29 is 48.8 Å². The van der Waals surface area contributed by atoms with Crippen LogP contribution in [0.4, 0.5) is 15.8 Å². The van der Waals surface area contributed by atoms with Gasteiger partial charge in [-0.15, -0.1) is 0 Å². The summed E-state index contributed by atoms with van der Waals surface area (Å²) in [5.74, 6) is -2.35. The summed E-state index contributed by atoms with van der Waals surface area (Å²) >= 11 is 5.36. The molecule has 1 aromatic carbocycles. The quantitative estimate of drug-likeness (QED) is 0.372. The van der Waals surface area contributed by atoms with E-state index >= 15 is 0 Å². The zero-order chi connectivity index (χ0) is 12.3. The minimum atomic E-state index is -1.47. The minimum Gasteiger partial charge on any atom is -0.548 e. The maximum absolute atomic E-state index is 13.0. The van der Waals surface area contributed by atoms with Gasteiger partial charge in [-0.25, -0.2) is 4.39 Å². The van der Waals surface area contributed by atoms with Gasteiger partial charge in [-0.3, -0.25) is 10.1 Å². The fourth-order valence-corrected chi connectivity index (χ4v) is 1.15. The van der Waals surface area contributed by atoms with Gasteiger partial charge in [-0.1, -0.05) is 11.6 Å². The first-order chi connectivity index (χ1) is 7.41. The zero-order valence-corrected chi connectivity index (χ0v) is 11.5. The molecule has 1 N–H and O–H groups in total. The molecule has 0 heterocycles. The fourth-order valence-electron chi connectivity index (χ4n) is 0.996. The topological polar surface area (TPSA) is 95.3 Å². The Bertz CT molecular complexity index is 457. The van der Waals surface area contributed by atoms with Crippen molar-refractivity contribution in [2.75, 3.05) is 11.9 Å². The van der Waals surface area contributed by atoms with Gasteiger partial charge in [0.25, 0.3) is 5.69 Å². The molecule has 0 unspecified atom stereocenters. The fraction of sp³-hybridized carbons (Fsp3) is 0.125. The van der Waals surface area contributed by atoms with Crippen LogP contribution < -0.4 is 40.0 Å². The van der Waals surface area contributed by atoms with Gasteiger partial charge in [0.15, 0.2) is 0 Å². The molecule has 6 nitrogen and oxygen atoms in total. The average molecular weight is 271 g/mol. The summed E-state index contributed by atoms with van der Waals surface area (Å²) in [7, 11) is 0. The monoisotopic (exact) mass is 270 g/mol. The maximum atomic E-state index is 13.0. The molecule has 0 bridgehead atoms. The zero-order valence-electron chi connectivity index (χ0n) is 8.70. The van der Waals surface area contributed by atoms with E-state index in [0.29, 0.717) is 0 Å². The second-order valence-corrected chi connectivity index (χ2v) is 3.17. The van der Waals surface area contributed by atoms with Gasteiger partial charge in [0.1, 0.15) is 11.5 Å². The number of carboxylic acid groups (broad SMARTS) is 1. The number of anilines is 1. The molecule has 86 valence electrons. The van der Waals surface area contributed by atoms with Crippen molar-refractivity contribution in [2.24, 2.45) is 0 Å². The number of hydrogen-bond acceptors (Lipinski definition) is 5. The van der Waals surface area contributed by atoms with E-state index in [4.69, 9.17) is 11.6 Å². The van der Waals surface area contributed by atoms with E-state index in [2.05, 4.69) is 5.32 Å². The molecular formula is C8H5ClFN2NaO4. The van der Waals surface area contributed by atoms with Crippen LogP contribution in [-0.4, -0.2) is 17.4 Å². The number of carboxylic acids is 1. The van der Waals surface area contributed by atoms with Gasteiger partial charge in [0.05, 0.1) is 22.5 Å². The first kappa shape index (κ1) is 16.1. The number of nitro groups is 1. The normalized spacial score (nSPS) is 9.29. The van der Waals surface area contributed by atoms with Crippen molar-refractivity contribution in [2.45, 2.75) is 0 Å². The third kappa shape index (κ3) is 4.47. The summed E-state index contributed by atoms with van der Waals surface area (Å²) in [5.41, 5.74) is -0.774. The van der Waals surface area contributed by atoms with Crippen LogP contribution in [0.2, 0.25) is 5.02 Å². The number of carbonyl (C=O) groups excluding carboxylic acids is 1. The number of carbonyl (C=O) groups is 1. The van der Waals surface area contributed by atoms with Crippen LogP contribution in [0.3, 0.4) is 0 Å². The molecule has 1 aromatic rings. The standard InChI is InChI=1S/C8H6ClFN2O4.Na/c9-4-1-7(12(15)16)6(2-5(4)10)11-3-8(13)14;/h1-2,11H,3H2,(H,13,14);/q;+1/p-1. The van der Waals surface area contributed by atoms with Crippen LogP contribution >= 0.6 is 11.6 Å². The van der Waals surface area contributed by atoms with Crippen LogP contribution in [0.15, 0.2) is 12.1 Å². The van der Waals surface area contributed by atoms with E-state index in [1.165, 1.54) is 0 Å². The van der Waals surface area contributed by atoms with Gasteiger partial charge in [-0.2, -0.15) is 0 Å². The minimum absolute atomic E-state index is 0. The molecular weight excluding hydrogens is 266 g/mol. The van der Waals surface area contributed by atoms with Crippen molar-refractivity contribution in [1.82, 2.24) is 0 Å². The summed E-state index contributed by atoms with van der Waals surface area (Å²) in [6, 6.07) is 1.55. The van der Waals surface area contributed by atoms with E-state index in [1.807, 2.05) is 0 Å². The average Bonchev–Trinajstić information content (AvgIpc) is 2.18. The Morgan fingerprint density at radius 2 is 2.12 bits per heavy atom. The first-order valence-corrected chi connectivity index (χ1v) is 4.36. The van der Waals surface area contributed by atoms with E-state index in [1.54, 1.807) is 0 Å². The number of halogens is 2. The molecule has 0 aliphatic heterocycles. The molecule has 0 saturated heterocycles. The molecule has 0 aromatic heterocycles. The van der Waals surface area contributed by atoms with Crippen LogP contribution in [-0.2, 0) is 4.79 Å². The summed E-state index contributed by atoms with van der Waals surface area (Å²) in [6.07, 6.45) is 0. The maximum Gasteiger partial charge on any atom is 1.00 e. The SMILES string of the molecule is O=C([O-])CNc1cc(F)c(Cl)cc1[N+](=O)[O-].[Na+]. The Balaban J connectivity index is 0.00000256. The largest absolute Gasteiger partial charge is 1.00 e. The predicted octanol–water partition coefficient (Wildman–Crippen LogP) is -2.45. The van der Waals surface area contributed by atoms with Gasteiger partial charge in [0, 0.05) is 12.1 Å². The Morgan fingerprint density at radius 3 is 2.59 bits per heavy atom. The van der Waals surface area contributed by atoms with E-state index < -0.39 is 34.0 Å². The predicted molar refractivity (Wildman–Crippen MR) is 51.6 cm³/mol. The Kier molecular flexibility index (Phi) is 6.40. The van der Waals surface area contributed by atoms with Crippen molar-refractivity contribution >= 4 is 28.9 Å². The van der Waals surface area contributed by atoms with Crippen LogP contribution in [0.5, 0.6) is 0 Å². The van der Waals surface area contributed by atoms with E-state index in [9.17, 15) is 24.4 Å². The molecule has 0 atom stereocenters.